The number of aryl methyl sites for hydroxylation is 1. The third kappa shape index (κ3) is 4.69. The molecule has 0 saturated heterocycles. The van der Waals surface area contributed by atoms with E-state index in [2.05, 4.69) is 36.0 Å². The first-order valence-corrected chi connectivity index (χ1v) is 10.4. The molecule has 5 aromatic rings. The van der Waals surface area contributed by atoms with Gasteiger partial charge in [0.2, 0.25) is 5.82 Å². The Hall–Kier alpha value is -4.61. The normalized spacial score (nSPS) is 11.1. The van der Waals surface area contributed by atoms with E-state index in [1.807, 2.05) is 54.3 Å². The van der Waals surface area contributed by atoms with Gasteiger partial charge < -0.3 is 5.32 Å². The third-order valence-corrected chi connectivity index (χ3v) is 4.88. The van der Waals surface area contributed by atoms with Crippen LogP contribution in [0.1, 0.15) is 23.0 Å². The van der Waals surface area contributed by atoms with E-state index < -0.39 is 0 Å². The Balaban J connectivity index is 1.19. The predicted octanol–water partition coefficient (Wildman–Crippen LogP) is 1.76. The maximum atomic E-state index is 12.6. The molecule has 166 valence electrons. The van der Waals surface area contributed by atoms with Crippen LogP contribution in [0.15, 0.2) is 67.4 Å². The summed E-state index contributed by atoms with van der Waals surface area (Å²) < 4.78 is 5.17. The van der Waals surface area contributed by atoms with Crippen LogP contribution in [0.3, 0.4) is 0 Å². The van der Waals surface area contributed by atoms with Crippen LogP contribution in [0.5, 0.6) is 0 Å². The van der Waals surface area contributed by atoms with Gasteiger partial charge in [0.15, 0.2) is 12.4 Å². The zero-order valence-corrected chi connectivity index (χ0v) is 17.9. The molecule has 1 amide bonds. The highest BCUT2D eigenvalue weighted by Gasteiger charge is 2.13. The van der Waals surface area contributed by atoms with Crippen molar-refractivity contribution in [1.29, 1.82) is 0 Å². The minimum absolute atomic E-state index is 0.233. The summed E-state index contributed by atoms with van der Waals surface area (Å²) in [4.78, 5) is 14.0. The summed E-state index contributed by atoms with van der Waals surface area (Å²) in [5.41, 5.74) is 2.77. The van der Waals surface area contributed by atoms with Crippen molar-refractivity contribution in [3.63, 3.8) is 0 Å². The topological polar surface area (TPSA) is 126 Å². The summed E-state index contributed by atoms with van der Waals surface area (Å²) in [6.07, 6.45) is 8.84. The van der Waals surface area contributed by atoms with Gasteiger partial charge in [-0.05, 0) is 18.2 Å². The Bertz CT molecular complexity index is 1360. The number of rotatable bonds is 8. The van der Waals surface area contributed by atoms with Gasteiger partial charge in [0.1, 0.15) is 0 Å². The molecule has 0 aliphatic rings. The minimum Gasteiger partial charge on any atom is -0.318 e. The Morgan fingerprint density at radius 1 is 0.970 bits per heavy atom. The van der Waals surface area contributed by atoms with Crippen LogP contribution in [0.25, 0.3) is 11.4 Å². The number of amides is 1. The first-order valence-electron chi connectivity index (χ1n) is 10.4. The molecule has 0 bridgehead atoms. The highest BCUT2D eigenvalue weighted by Crippen LogP contribution is 2.12. The monoisotopic (exact) mass is 443 g/mol. The summed E-state index contributed by atoms with van der Waals surface area (Å²) >= 11 is 0. The molecule has 0 atom stereocenters. The van der Waals surface area contributed by atoms with E-state index in [1.54, 1.807) is 34.0 Å². The second-order valence-corrected chi connectivity index (χ2v) is 7.32. The Labute approximate surface area is 188 Å². The summed E-state index contributed by atoms with van der Waals surface area (Å²) in [5.74, 6) is 0.198. The minimum atomic E-state index is -0.330. The van der Waals surface area contributed by atoms with Crippen LogP contribution >= 0.6 is 0 Å². The van der Waals surface area contributed by atoms with Crippen molar-refractivity contribution in [1.82, 2.24) is 49.5 Å². The Morgan fingerprint density at radius 3 is 2.64 bits per heavy atom. The van der Waals surface area contributed by atoms with Crippen LogP contribution in [0.4, 0.5) is 5.69 Å². The van der Waals surface area contributed by atoms with E-state index in [-0.39, 0.29) is 18.3 Å². The molecule has 33 heavy (non-hydrogen) atoms. The molecule has 12 heteroatoms. The summed E-state index contributed by atoms with van der Waals surface area (Å²) in [7, 11) is 0. The van der Waals surface area contributed by atoms with Crippen molar-refractivity contribution in [2.45, 2.75) is 26.7 Å². The number of carbonyl (C=O) groups excluding carboxylic acids is 1. The van der Waals surface area contributed by atoms with E-state index in [1.165, 1.54) is 4.80 Å². The van der Waals surface area contributed by atoms with E-state index in [9.17, 15) is 4.79 Å². The maximum Gasteiger partial charge on any atom is 0.276 e. The summed E-state index contributed by atoms with van der Waals surface area (Å²) in [6.45, 7) is 3.65. The predicted molar refractivity (Wildman–Crippen MR) is 118 cm³/mol. The quantitative estimate of drug-likeness (QED) is 0.387. The Kier molecular flexibility index (Phi) is 5.45. The molecule has 1 aromatic carbocycles. The standard InChI is InChI=1S/C21H21N11O/c1-2-29-12-16(10-22-29)13-31-14-18(11-23-31)24-21(33)19-8-9-30(26-19)15-32-27-20(25-28-32)17-6-4-3-5-7-17/h3-12,14H,2,13,15H2,1H3,(H,24,33). The lowest BCUT2D eigenvalue weighted by atomic mass is 10.2. The molecule has 0 unspecified atom stereocenters. The highest BCUT2D eigenvalue weighted by molar-refractivity contribution is 6.02. The van der Waals surface area contributed by atoms with Gasteiger partial charge in [-0.15, -0.1) is 15.0 Å². The number of carbonyl (C=O) groups is 1. The van der Waals surface area contributed by atoms with Gasteiger partial charge in [0, 0.05) is 36.3 Å². The molecule has 0 saturated carbocycles. The van der Waals surface area contributed by atoms with Gasteiger partial charge in [-0.2, -0.15) is 15.3 Å². The smallest absolute Gasteiger partial charge is 0.276 e. The second-order valence-electron chi connectivity index (χ2n) is 7.32. The van der Waals surface area contributed by atoms with E-state index in [4.69, 9.17) is 0 Å². The number of benzene rings is 1. The molecule has 12 nitrogen and oxygen atoms in total. The second kappa shape index (κ2) is 8.86. The number of hydrogen-bond donors (Lipinski definition) is 1. The molecule has 1 N–H and O–H groups in total. The molecular formula is C21H21N11O. The van der Waals surface area contributed by atoms with E-state index in [0.717, 1.165) is 17.7 Å². The molecule has 4 heterocycles. The molecule has 0 aliphatic carbocycles. The third-order valence-electron chi connectivity index (χ3n) is 4.88. The van der Waals surface area contributed by atoms with Crippen molar-refractivity contribution >= 4 is 11.6 Å². The zero-order chi connectivity index (χ0) is 22.6. The largest absolute Gasteiger partial charge is 0.318 e. The average molecular weight is 443 g/mol. The van der Waals surface area contributed by atoms with Crippen molar-refractivity contribution < 1.29 is 4.79 Å². The molecule has 0 radical (unpaired) electrons. The molecular weight excluding hydrogens is 422 g/mol. The molecule has 5 rings (SSSR count). The molecule has 4 aromatic heterocycles. The molecule has 0 aliphatic heterocycles. The van der Waals surface area contributed by atoms with Gasteiger partial charge in [0.05, 0.1) is 24.6 Å². The lowest BCUT2D eigenvalue weighted by Crippen LogP contribution is -2.15. The van der Waals surface area contributed by atoms with Gasteiger partial charge in [-0.3, -0.25) is 14.2 Å². The van der Waals surface area contributed by atoms with Gasteiger partial charge in [0.25, 0.3) is 5.91 Å². The first-order chi connectivity index (χ1) is 16.2. The van der Waals surface area contributed by atoms with E-state index >= 15 is 0 Å². The zero-order valence-electron chi connectivity index (χ0n) is 17.9. The number of nitrogens with zero attached hydrogens (tertiary/aromatic N) is 10. The number of anilines is 1. The van der Waals surface area contributed by atoms with E-state index in [0.29, 0.717) is 18.1 Å². The maximum absolute atomic E-state index is 12.6. The summed E-state index contributed by atoms with van der Waals surface area (Å²) in [6, 6.07) is 11.2. The summed E-state index contributed by atoms with van der Waals surface area (Å²) in [5, 5.41) is 28.1. The molecule has 0 spiro atoms. The van der Waals surface area contributed by atoms with Crippen LogP contribution in [-0.4, -0.2) is 55.5 Å². The first kappa shape index (κ1) is 20.3. The number of nitrogens with one attached hydrogen (secondary N) is 1. The van der Waals surface area contributed by atoms with Crippen molar-refractivity contribution in [2.24, 2.45) is 0 Å². The fraction of sp³-hybridized carbons (Fsp3) is 0.190. The van der Waals surface area contributed by atoms with Gasteiger partial charge in [-0.25, -0.2) is 4.68 Å². The molecule has 0 fully saturated rings. The van der Waals surface area contributed by atoms with Crippen molar-refractivity contribution in [3.05, 3.63) is 78.6 Å². The average Bonchev–Trinajstić information content (AvgIpc) is 3.63. The lowest BCUT2D eigenvalue weighted by molar-refractivity contribution is 0.102. The fourth-order valence-corrected chi connectivity index (χ4v) is 3.25. The van der Waals surface area contributed by atoms with Crippen LogP contribution in [-0.2, 0) is 19.8 Å². The van der Waals surface area contributed by atoms with Gasteiger partial charge >= 0.3 is 0 Å². The SMILES string of the molecule is CCn1cc(Cn2cc(NC(=O)c3ccn(Cn4nnc(-c5ccccc5)n4)n3)cn2)cn1. The fourth-order valence-electron chi connectivity index (χ4n) is 3.25. The van der Waals surface area contributed by atoms with Crippen LogP contribution < -0.4 is 5.32 Å². The number of aromatic nitrogens is 10. The number of hydrogen-bond acceptors (Lipinski definition) is 7. The van der Waals surface area contributed by atoms with Crippen molar-refractivity contribution in [3.8, 4) is 11.4 Å². The van der Waals surface area contributed by atoms with Crippen LogP contribution in [0, 0.1) is 0 Å². The highest BCUT2D eigenvalue weighted by atomic mass is 16.2. The van der Waals surface area contributed by atoms with Gasteiger partial charge in [-0.1, -0.05) is 30.3 Å². The lowest BCUT2D eigenvalue weighted by Gasteiger charge is -2.01. The number of tetrazole rings is 1. The van der Waals surface area contributed by atoms with Crippen LogP contribution in [0.2, 0.25) is 0 Å². The Morgan fingerprint density at radius 2 is 1.82 bits per heavy atom. The van der Waals surface area contributed by atoms with Crippen molar-refractivity contribution in [2.75, 3.05) is 5.32 Å².